The summed E-state index contributed by atoms with van der Waals surface area (Å²) in [4.78, 5) is 2.41. The number of thioether (sulfide) groups is 1. The molecular weight excluding hydrogens is 264 g/mol. The summed E-state index contributed by atoms with van der Waals surface area (Å²) in [5.74, 6) is 1.16. The van der Waals surface area contributed by atoms with Gasteiger partial charge in [0.05, 0.1) is 10.7 Å². The Bertz CT molecular complexity index is 422. The van der Waals surface area contributed by atoms with Crippen molar-refractivity contribution >= 4 is 29.1 Å². The molecule has 2 unspecified atom stereocenters. The molecule has 1 heterocycles. The number of nitrogens with zero attached hydrogens (tertiary/aromatic N) is 1. The van der Waals surface area contributed by atoms with Crippen LogP contribution in [0.2, 0.25) is 5.02 Å². The van der Waals surface area contributed by atoms with Crippen molar-refractivity contribution in [3.8, 4) is 0 Å². The smallest absolute Gasteiger partial charge is 0.0643 e. The van der Waals surface area contributed by atoms with Gasteiger partial charge in [-0.05, 0) is 31.5 Å². The fourth-order valence-electron chi connectivity index (χ4n) is 2.31. The lowest BCUT2D eigenvalue weighted by Gasteiger charge is -2.39. The molecule has 0 amide bonds. The number of anilines is 1. The molecule has 0 saturated carbocycles. The molecule has 1 aliphatic rings. The van der Waals surface area contributed by atoms with E-state index in [1.165, 1.54) is 0 Å². The number of nitrogens with two attached hydrogens (primary N) is 1. The molecule has 1 aliphatic heterocycles. The average Bonchev–Trinajstić information content (AvgIpc) is 2.33. The molecule has 2 rings (SSSR count). The molecule has 18 heavy (non-hydrogen) atoms. The van der Waals surface area contributed by atoms with E-state index in [0.29, 0.717) is 11.3 Å². The quantitative estimate of drug-likeness (QED) is 0.898. The van der Waals surface area contributed by atoms with E-state index in [-0.39, 0.29) is 6.04 Å². The Balaban J connectivity index is 2.27. The molecule has 4 heteroatoms. The summed E-state index contributed by atoms with van der Waals surface area (Å²) < 4.78 is 0. The maximum atomic E-state index is 6.42. The van der Waals surface area contributed by atoms with Crippen LogP contribution in [-0.4, -0.2) is 23.6 Å². The highest BCUT2D eigenvalue weighted by Crippen LogP contribution is 2.34. The van der Waals surface area contributed by atoms with Gasteiger partial charge in [-0.15, -0.1) is 0 Å². The third-order valence-electron chi connectivity index (χ3n) is 3.69. The van der Waals surface area contributed by atoms with Crippen molar-refractivity contribution in [1.82, 2.24) is 0 Å². The summed E-state index contributed by atoms with van der Waals surface area (Å²) >= 11 is 8.45. The van der Waals surface area contributed by atoms with Crippen LogP contribution in [0.3, 0.4) is 0 Å². The minimum atomic E-state index is 0.0322. The molecule has 100 valence electrons. The van der Waals surface area contributed by atoms with Crippen LogP contribution >= 0.6 is 23.4 Å². The van der Waals surface area contributed by atoms with Crippen LogP contribution < -0.4 is 10.6 Å². The van der Waals surface area contributed by atoms with Crippen LogP contribution in [0.25, 0.3) is 0 Å². The second kappa shape index (κ2) is 5.72. The molecule has 0 spiro atoms. The third kappa shape index (κ3) is 2.79. The molecule has 0 bridgehead atoms. The number of halogens is 1. The lowest BCUT2D eigenvalue weighted by Crippen LogP contribution is -2.44. The Morgan fingerprint density at radius 1 is 1.44 bits per heavy atom. The highest BCUT2D eigenvalue weighted by molar-refractivity contribution is 8.00. The van der Waals surface area contributed by atoms with Crippen molar-refractivity contribution in [2.75, 3.05) is 17.2 Å². The van der Waals surface area contributed by atoms with Gasteiger partial charge in [0, 0.05) is 29.6 Å². The predicted octanol–water partition coefficient (Wildman–Crippen LogP) is 3.69. The highest BCUT2D eigenvalue weighted by atomic mass is 35.5. The summed E-state index contributed by atoms with van der Waals surface area (Å²) in [6.45, 7) is 7.60. The van der Waals surface area contributed by atoms with Crippen molar-refractivity contribution in [2.45, 2.75) is 38.1 Å². The molecule has 1 saturated heterocycles. The van der Waals surface area contributed by atoms with E-state index in [2.05, 4.69) is 30.9 Å². The average molecular weight is 285 g/mol. The van der Waals surface area contributed by atoms with Crippen molar-refractivity contribution in [3.05, 3.63) is 28.8 Å². The Hall–Kier alpha value is -0.380. The second-order valence-electron chi connectivity index (χ2n) is 5.01. The first-order chi connectivity index (χ1) is 8.50. The van der Waals surface area contributed by atoms with Gasteiger partial charge in [-0.25, -0.2) is 0 Å². The Morgan fingerprint density at radius 3 is 2.78 bits per heavy atom. The van der Waals surface area contributed by atoms with Crippen molar-refractivity contribution < 1.29 is 0 Å². The zero-order valence-corrected chi connectivity index (χ0v) is 12.8. The maximum absolute atomic E-state index is 6.42. The van der Waals surface area contributed by atoms with E-state index in [1.54, 1.807) is 0 Å². The summed E-state index contributed by atoms with van der Waals surface area (Å²) in [7, 11) is 0. The van der Waals surface area contributed by atoms with E-state index in [1.807, 2.05) is 24.8 Å². The normalized spacial score (nSPS) is 26.2. The standard InChI is InChI=1S/C14H21ClN2S/c1-9(16)12-4-5-14(13(15)8-12)17-6-7-18-11(3)10(17)2/h4-5,8-11H,6-7,16H2,1-3H3/t9-,10?,11?/m1/s1. The summed E-state index contributed by atoms with van der Waals surface area (Å²) in [6, 6.07) is 6.75. The minimum Gasteiger partial charge on any atom is -0.366 e. The fraction of sp³-hybridized carbons (Fsp3) is 0.571. The molecular formula is C14H21ClN2S. The fourth-order valence-corrected chi connectivity index (χ4v) is 3.71. The number of rotatable bonds is 2. The lowest BCUT2D eigenvalue weighted by atomic mass is 10.1. The predicted molar refractivity (Wildman–Crippen MR) is 82.8 cm³/mol. The summed E-state index contributed by atoms with van der Waals surface area (Å²) in [5.41, 5.74) is 8.12. The Kier molecular flexibility index (Phi) is 4.46. The van der Waals surface area contributed by atoms with Gasteiger partial charge in [-0.2, -0.15) is 11.8 Å². The van der Waals surface area contributed by atoms with Gasteiger partial charge in [0.25, 0.3) is 0 Å². The van der Waals surface area contributed by atoms with E-state index in [9.17, 15) is 0 Å². The number of hydrogen-bond donors (Lipinski definition) is 1. The molecule has 1 aromatic rings. The van der Waals surface area contributed by atoms with E-state index < -0.39 is 0 Å². The van der Waals surface area contributed by atoms with Crippen LogP contribution in [0.1, 0.15) is 32.4 Å². The molecule has 0 radical (unpaired) electrons. The van der Waals surface area contributed by atoms with Crippen LogP contribution in [0.15, 0.2) is 18.2 Å². The van der Waals surface area contributed by atoms with Crippen LogP contribution in [0, 0.1) is 0 Å². The number of hydrogen-bond acceptors (Lipinski definition) is 3. The van der Waals surface area contributed by atoms with Gasteiger partial charge in [0.2, 0.25) is 0 Å². The third-order valence-corrected chi connectivity index (χ3v) is 5.33. The van der Waals surface area contributed by atoms with E-state index in [4.69, 9.17) is 17.3 Å². The lowest BCUT2D eigenvalue weighted by molar-refractivity contribution is 0.627. The monoisotopic (exact) mass is 284 g/mol. The molecule has 0 aromatic heterocycles. The van der Waals surface area contributed by atoms with Crippen LogP contribution in [0.4, 0.5) is 5.69 Å². The van der Waals surface area contributed by atoms with Gasteiger partial charge in [-0.3, -0.25) is 0 Å². The van der Waals surface area contributed by atoms with E-state index >= 15 is 0 Å². The highest BCUT2D eigenvalue weighted by Gasteiger charge is 2.26. The van der Waals surface area contributed by atoms with Crippen LogP contribution in [-0.2, 0) is 0 Å². The van der Waals surface area contributed by atoms with Crippen molar-refractivity contribution in [2.24, 2.45) is 5.73 Å². The zero-order chi connectivity index (χ0) is 13.3. The van der Waals surface area contributed by atoms with Gasteiger partial charge in [0.15, 0.2) is 0 Å². The van der Waals surface area contributed by atoms with E-state index in [0.717, 1.165) is 28.6 Å². The van der Waals surface area contributed by atoms with Crippen LogP contribution in [0.5, 0.6) is 0 Å². The second-order valence-corrected chi connectivity index (χ2v) is 6.90. The first-order valence-corrected chi connectivity index (χ1v) is 7.86. The first-order valence-electron chi connectivity index (χ1n) is 6.44. The SMILES string of the molecule is CC1SCCN(c2ccc([C@@H](C)N)cc2Cl)C1C. The first kappa shape index (κ1) is 14.0. The molecule has 0 aliphatic carbocycles. The minimum absolute atomic E-state index is 0.0322. The Morgan fingerprint density at radius 2 is 2.17 bits per heavy atom. The van der Waals surface area contributed by atoms with Crippen molar-refractivity contribution in [1.29, 1.82) is 0 Å². The van der Waals surface area contributed by atoms with Gasteiger partial charge in [-0.1, -0.05) is 24.6 Å². The maximum Gasteiger partial charge on any atom is 0.0643 e. The van der Waals surface area contributed by atoms with Crippen molar-refractivity contribution in [3.63, 3.8) is 0 Å². The van der Waals surface area contributed by atoms with Gasteiger partial charge >= 0.3 is 0 Å². The number of benzene rings is 1. The molecule has 2 nitrogen and oxygen atoms in total. The molecule has 1 fully saturated rings. The summed E-state index contributed by atoms with van der Waals surface area (Å²) in [5, 5.41) is 1.46. The molecule has 1 aromatic carbocycles. The Labute approximate surface area is 119 Å². The molecule has 3 atom stereocenters. The topological polar surface area (TPSA) is 29.3 Å². The zero-order valence-electron chi connectivity index (χ0n) is 11.2. The molecule has 2 N–H and O–H groups in total. The van der Waals surface area contributed by atoms with Gasteiger partial charge < -0.3 is 10.6 Å². The largest absolute Gasteiger partial charge is 0.366 e. The summed E-state index contributed by atoms with van der Waals surface area (Å²) in [6.07, 6.45) is 0. The van der Waals surface area contributed by atoms with Gasteiger partial charge in [0.1, 0.15) is 0 Å².